The van der Waals surface area contributed by atoms with Crippen LogP contribution in [0.4, 0.5) is 5.13 Å². The van der Waals surface area contributed by atoms with Gasteiger partial charge in [-0.2, -0.15) is 0 Å². The van der Waals surface area contributed by atoms with E-state index in [9.17, 15) is 9.59 Å². The topological polar surface area (TPSA) is 62.3 Å². The maximum Gasteiger partial charge on any atom is 0.231 e. The van der Waals surface area contributed by atoms with Crippen LogP contribution in [0.1, 0.15) is 12.0 Å². The average molecular weight is 301 g/mol. The molecule has 0 radical (unpaired) electrons. The van der Waals surface area contributed by atoms with Crippen molar-refractivity contribution < 1.29 is 9.59 Å². The first kappa shape index (κ1) is 13.8. The van der Waals surface area contributed by atoms with Crippen LogP contribution >= 0.6 is 11.3 Å². The van der Waals surface area contributed by atoms with Crippen LogP contribution < -0.4 is 5.32 Å². The fourth-order valence-corrected chi connectivity index (χ4v) is 2.93. The minimum atomic E-state index is -0.301. The highest BCUT2D eigenvalue weighted by atomic mass is 32.1. The molecule has 1 aromatic heterocycles. The third kappa shape index (κ3) is 3.28. The Morgan fingerprint density at radius 1 is 1.38 bits per heavy atom. The van der Waals surface area contributed by atoms with Gasteiger partial charge in [-0.3, -0.25) is 9.59 Å². The van der Waals surface area contributed by atoms with Crippen LogP contribution in [0.25, 0.3) is 0 Å². The maximum absolute atomic E-state index is 12.1. The van der Waals surface area contributed by atoms with Crippen molar-refractivity contribution in [2.45, 2.75) is 13.0 Å². The molecule has 6 heteroatoms. The van der Waals surface area contributed by atoms with E-state index in [0.717, 1.165) is 5.56 Å². The molecule has 1 atom stereocenters. The smallest absolute Gasteiger partial charge is 0.231 e. The van der Waals surface area contributed by atoms with Crippen LogP contribution in [0, 0.1) is 5.92 Å². The number of nitrogens with zero attached hydrogens (tertiary/aromatic N) is 2. The molecule has 1 aliphatic heterocycles. The first-order valence-electron chi connectivity index (χ1n) is 6.74. The Morgan fingerprint density at radius 2 is 2.19 bits per heavy atom. The fourth-order valence-electron chi connectivity index (χ4n) is 2.40. The number of carbonyl (C=O) groups is 2. The second-order valence-electron chi connectivity index (χ2n) is 4.99. The van der Waals surface area contributed by atoms with E-state index in [4.69, 9.17) is 0 Å². The number of anilines is 1. The number of rotatable bonds is 4. The van der Waals surface area contributed by atoms with Crippen LogP contribution in [-0.2, 0) is 16.1 Å². The van der Waals surface area contributed by atoms with E-state index in [0.29, 0.717) is 18.2 Å². The lowest BCUT2D eigenvalue weighted by Gasteiger charge is -2.16. The molecular formula is C15H15N3O2S. The number of aromatic nitrogens is 1. The third-order valence-corrected chi connectivity index (χ3v) is 4.15. The van der Waals surface area contributed by atoms with Crippen molar-refractivity contribution in [1.29, 1.82) is 0 Å². The van der Waals surface area contributed by atoms with Gasteiger partial charge in [-0.25, -0.2) is 4.98 Å². The molecular weight excluding hydrogens is 286 g/mol. The number of hydrogen-bond acceptors (Lipinski definition) is 4. The Bertz CT molecular complexity index is 628. The molecule has 1 fully saturated rings. The number of likely N-dealkylation sites (tertiary alicyclic amines) is 1. The van der Waals surface area contributed by atoms with Crippen molar-refractivity contribution in [2.24, 2.45) is 5.92 Å². The lowest BCUT2D eigenvalue weighted by atomic mass is 10.1. The maximum atomic E-state index is 12.1. The molecule has 1 N–H and O–H groups in total. The second kappa shape index (κ2) is 6.05. The van der Waals surface area contributed by atoms with Gasteiger partial charge in [0.15, 0.2) is 5.13 Å². The van der Waals surface area contributed by atoms with Crippen LogP contribution in [0.3, 0.4) is 0 Å². The summed E-state index contributed by atoms with van der Waals surface area (Å²) < 4.78 is 0. The molecule has 1 saturated heterocycles. The largest absolute Gasteiger partial charge is 0.338 e. The van der Waals surface area contributed by atoms with Crippen molar-refractivity contribution in [3.63, 3.8) is 0 Å². The van der Waals surface area contributed by atoms with Gasteiger partial charge >= 0.3 is 0 Å². The lowest BCUT2D eigenvalue weighted by Crippen LogP contribution is -2.28. The first-order chi connectivity index (χ1) is 10.2. The van der Waals surface area contributed by atoms with Crippen LogP contribution in [-0.4, -0.2) is 28.2 Å². The normalized spacial score (nSPS) is 18.0. The van der Waals surface area contributed by atoms with E-state index >= 15 is 0 Å². The monoisotopic (exact) mass is 301 g/mol. The molecule has 21 heavy (non-hydrogen) atoms. The summed E-state index contributed by atoms with van der Waals surface area (Å²) in [4.78, 5) is 29.9. The molecule has 1 aromatic carbocycles. The van der Waals surface area contributed by atoms with Crippen LogP contribution in [0.5, 0.6) is 0 Å². The van der Waals surface area contributed by atoms with Crippen LogP contribution in [0.2, 0.25) is 0 Å². The molecule has 2 heterocycles. The van der Waals surface area contributed by atoms with E-state index in [-0.39, 0.29) is 24.2 Å². The predicted octanol–water partition coefficient (Wildman–Crippen LogP) is 2.13. The number of hydrogen-bond donors (Lipinski definition) is 1. The molecule has 2 aromatic rings. The van der Waals surface area contributed by atoms with Gasteiger partial charge in [0, 0.05) is 31.1 Å². The fraction of sp³-hybridized carbons (Fsp3) is 0.267. The van der Waals surface area contributed by atoms with Crippen molar-refractivity contribution in [2.75, 3.05) is 11.9 Å². The molecule has 108 valence electrons. The zero-order valence-electron chi connectivity index (χ0n) is 11.4. The number of nitrogens with one attached hydrogen (secondary N) is 1. The Hall–Kier alpha value is -2.21. The van der Waals surface area contributed by atoms with Gasteiger partial charge < -0.3 is 10.2 Å². The Balaban J connectivity index is 1.60. The van der Waals surface area contributed by atoms with Gasteiger partial charge in [0.05, 0.1) is 5.92 Å². The van der Waals surface area contributed by atoms with E-state index in [2.05, 4.69) is 10.3 Å². The van der Waals surface area contributed by atoms with E-state index in [1.54, 1.807) is 16.5 Å². The minimum absolute atomic E-state index is 0.0261. The molecule has 2 amide bonds. The molecule has 5 nitrogen and oxygen atoms in total. The van der Waals surface area contributed by atoms with Gasteiger partial charge in [0.2, 0.25) is 11.8 Å². The van der Waals surface area contributed by atoms with Crippen molar-refractivity contribution in [1.82, 2.24) is 9.88 Å². The van der Waals surface area contributed by atoms with E-state index in [1.807, 2.05) is 30.3 Å². The molecule has 0 aliphatic carbocycles. The van der Waals surface area contributed by atoms with Gasteiger partial charge in [-0.05, 0) is 5.56 Å². The highest BCUT2D eigenvalue weighted by molar-refractivity contribution is 7.13. The Labute approximate surface area is 126 Å². The summed E-state index contributed by atoms with van der Waals surface area (Å²) in [5, 5.41) is 5.14. The highest BCUT2D eigenvalue weighted by Gasteiger charge is 2.34. The zero-order valence-corrected chi connectivity index (χ0v) is 12.2. The molecule has 0 saturated carbocycles. The van der Waals surface area contributed by atoms with Gasteiger partial charge in [-0.15, -0.1) is 11.3 Å². The lowest BCUT2D eigenvalue weighted by molar-refractivity contribution is -0.128. The quantitative estimate of drug-likeness (QED) is 0.941. The summed E-state index contributed by atoms with van der Waals surface area (Å²) in [5.41, 5.74) is 1.08. The summed E-state index contributed by atoms with van der Waals surface area (Å²) in [6.45, 7) is 1.02. The van der Waals surface area contributed by atoms with Gasteiger partial charge in [0.1, 0.15) is 0 Å². The molecule has 0 bridgehead atoms. The minimum Gasteiger partial charge on any atom is -0.338 e. The summed E-state index contributed by atoms with van der Waals surface area (Å²) in [7, 11) is 0. The number of thiazole rings is 1. The molecule has 1 aliphatic rings. The number of carbonyl (C=O) groups excluding carboxylic acids is 2. The third-order valence-electron chi connectivity index (χ3n) is 3.46. The number of benzene rings is 1. The van der Waals surface area contributed by atoms with Crippen molar-refractivity contribution >= 4 is 28.3 Å². The van der Waals surface area contributed by atoms with Gasteiger partial charge in [0.25, 0.3) is 0 Å². The summed E-state index contributed by atoms with van der Waals surface area (Å²) >= 11 is 1.37. The molecule has 3 rings (SSSR count). The van der Waals surface area contributed by atoms with Crippen molar-refractivity contribution in [3.8, 4) is 0 Å². The summed E-state index contributed by atoms with van der Waals surface area (Å²) in [6.07, 6.45) is 1.91. The number of amides is 2. The predicted molar refractivity (Wildman–Crippen MR) is 80.7 cm³/mol. The Morgan fingerprint density at radius 3 is 2.90 bits per heavy atom. The SMILES string of the molecule is O=C(Nc1nccs1)[C@H]1CC(=O)N(Cc2ccccc2)C1. The average Bonchev–Trinajstić information content (AvgIpc) is 3.11. The summed E-state index contributed by atoms with van der Waals surface area (Å²) in [6, 6.07) is 9.80. The van der Waals surface area contributed by atoms with Crippen molar-refractivity contribution in [3.05, 3.63) is 47.5 Å². The molecule has 0 unspecified atom stereocenters. The molecule has 0 spiro atoms. The zero-order chi connectivity index (χ0) is 14.7. The second-order valence-corrected chi connectivity index (χ2v) is 5.88. The Kier molecular flexibility index (Phi) is 3.96. The van der Waals surface area contributed by atoms with Crippen LogP contribution in [0.15, 0.2) is 41.9 Å². The van der Waals surface area contributed by atoms with Gasteiger partial charge in [-0.1, -0.05) is 30.3 Å². The highest BCUT2D eigenvalue weighted by Crippen LogP contribution is 2.22. The first-order valence-corrected chi connectivity index (χ1v) is 7.62. The summed E-state index contributed by atoms with van der Waals surface area (Å²) in [5.74, 6) is -0.405. The standard InChI is InChI=1S/C15H15N3O2S/c19-13-8-12(14(20)17-15-16-6-7-21-15)10-18(13)9-11-4-2-1-3-5-11/h1-7,12H,8-10H2,(H,16,17,20)/t12-/m0/s1. The van der Waals surface area contributed by atoms with E-state index < -0.39 is 0 Å². The van der Waals surface area contributed by atoms with E-state index in [1.165, 1.54) is 11.3 Å².